The molecule has 0 saturated carbocycles. The summed E-state index contributed by atoms with van der Waals surface area (Å²) in [6.07, 6.45) is 0.713. The molecule has 0 spiro atoms. The molecular weight excluding hydrogens is 238 g/mol. The van der Waals surface area contributed by atoms with E-state index in [1.807, 2.05) is 6.92 Å². The maximum Gasteiger partial charge on any atom is 0.336 e. The van der Waals surface area contributed by atoms with Crippen LogP contribution in [0.25, 0.3) is 10.9 Å². The number of carbonyl (C=O) groups is 1. The Morgan fingerprint density at radius 3 is 2.76 bits per heavy atom. The van der Waals surface area contributed by atoms with Crippen molar-refractivity contribution in [1.82, 2.24) is 4.98 Å². The molecule has 1 aromatic heterocycles. The fourth-order valence-corrected chi connectivity index (χ4v) is 2.17. The molecule has 0 radical (unpaired) electrons. The summed E-state index contributed by atoms with van der Waals surface area (Å²) in [7, 11) is 0. The Hall–Kier alpha value is -1.61. The smallest absolute Gasteiger partial charge is 0.336 e. The maximum absolute atomic E-state index is 11.3. The number of hydrogen-bond donors (Lipinski definition) is 1. The van der Waals surface area contributed by atoms with Crippen LogP contribution in [0.3, 0.4) is 0 Å². The highest BCUT2D eigenvalue weighted by Gasteiger charge is 2.16. The van der Waals surface area contributed by atoms with Crippen molar-refractivity contribution in [3.63, 3.8) is 0 Å². The van der Waals surface area contributed by atoms with E-state index in [1.54, 1.807) is 25.1 Å². The Morgan fingerprint density at radius 1 is 1.47 bits per heavy atom. The average Bonchev–Trinajstić information content (AvgIpc) is 2.27. The van der Waals surface area contributed by atoms with Gasteiger partial charge in [0.25, 0.3) is 0 Å². The first-order valence-electron chi connectivity index (χ1n) is 5.36. The van der Waals surface area contributed by atoms with Crippen molar-refractivity contribution in [3.8, 4) is 0 Å². The maximum atomic E-state index is 11.3. The topological polar surface area (TPSA) is 50.2 Å². The van der Waals surface area contributed by atoms with Crippen molar-refractivity contribution in [3.05, 3.63) is 40.0 Å². The van der Waals surface area contributed by atoms with E-state index in [1.165, 1.54) is 0 Å². The van der Waals surface area contributed by atoms with Crippen LogP contribution in [0, 0.1) is 6.92 Å². The van der Waals surface area contributed by atoms with Crippen molar-refractivity contribution >= 4 is 28.5 Å². The number of nitrogens with zero attached hydrogens (tertiary/aromatic N) is 1. The third kappa shape index (κ3) is 1.98. The lowest BCUT2D eigenvalue weighted by atomic mass is 10.0. The van der Waals surface area contributed by atoms with Crippen LogP contribution in [-0.4, -0.2) is 16.1 Å². The van der Waals surface area contributed by atoms with Gasteiger partial charge in [-0.3, -0.25) is 4.98 Å². The molecule has 1 heterocycles. The second kappa shape index (κ2) is 4.34. The van der Waals surface area contributed by atoms with Crippen LogP contribution in [0.4, 0.5) is 0 Å². The molecule has 0 amide bonds. The highest BCUT2D eigenvalue weighted by Crippen LogP contribution is 2.26. The van der Waals surface area contributed by atoms with Gasteiger partial charge >= 0.3 is 5.97 Å². The summed E-state index contributed by atoms with van der Waals surface area (Å²) in [6, 6.07) is 5.12. The highest BCUT2D eigenvalue weighted by molar-refractivity contribution is 6.31. The molecule has 3 nitrogen and oxygen atoms in total. The fourth-order valence-electron chi connectivity index (χ4n) is 2.00. The van der Waals surface area contributed by atoms with Gasteiger partial charge in [-0.25, -0.2) is 4.79 Å². The van der Waals surface area contributed by atoms with E-state index in [4.69, 9.17) is 11.6 Å². The number of halogens is 1. The van der Waals surface area contributed by atoms with Gasteiger partial charge in [0.15, 0.2) is 0 Å². The van der Waals surface area contributed by atoms with Crippen LogP contribution in [0.1, 0.15) is 28.5 Å². The molecular formula is C13H12ClNO2. The number of rotatable bonds is 2. The molecule has 2 rings (SSSR count). The van der Waals surface area contributed by atoms with Gasteiger partial charge in [0, 0.05) is 16.1 Å². The largest absolute Gasteiger partial charge is 0.478 e. The summed E-state index contributed by atoms with van der Waals surface area (Å²) in [4.78, 5) is 15.8. The normalized spacial score (nSPS) is 10.8. The molecule has 1 N–H and O–H groups in total. The summed E-state index contributed by atoms with van der Waals surface area (Å²) in [6.45, 7) is 3.75. The first-order chi connectivity index (χ1) is 8.04. The third-order valence-corrected chi connectivity index (χ3v) is 3.08. The Kier molecular flexibility index (Phi) is 3.03. The standard InChI is InChI=1S/C13H12ClNO2/c1-3-10-7(2)12(13(16)17)9-6-8(14)4-5-11(9)15-10/h4-6H,3H2,1-2H3,(H,16,17). The molecule has 0 atom stereocenters. The number of carboxylic acids is 1. The molecule has 0 aliphatic heterocycles. The van der Waals surface area contributed by atoms with Crippen molar-refractivity contribution in [2.24, 2.45) is 0 Å². The van der Waals surface area contributed by atoms with Crippen molar-refractivity contribution < 1.29 is 9.90 Å². The van der Waals surface area contributed by atoms with Gasteiger partial charge in [-0.15, -0.1) is 0 Å². The molecule has 88 valence electrons. The molecule has 0 bridgehead atoms. The summed E-state index contributed by atoms with van der Waals surface area (Å²) >= 11 is 5.90. The number of aromatic nitrogens is 1. The number of aryl methyl sites for hydroxylation is 1. The third-order valence-electron chi connectivity index (χ3n) is 2.84. The van der Waals surface area contributed by atoms with Gasteiger partial charge < -0.3 is 5.11 Å². The Bertz CT molecular complexity index is 608. The van der Waals surface area contributed by atoms with Gasteiger partial charge in [-0.05, 0) is 37.1 Å². The zero-order valence-electron chi connectivity index (χ0n) is 9.62. The molecule has 17 heavy (non-hydrogen) atoms. The Balaban J connectivity index is 2.92. The molecule has 0 fully saturated rings. The van der Waals surface area contributed by atoms with Gasteiger partial charge in [0.1, 0.15) is 0 Å². The Morgan fingerprint density at radius 2 is 2.18 bits per heavy atom. The molecule has 0 unspecified atom stereocenters. The van der Waals surface area contributed by atoms with E-state index in [0.29, 0.717) is 27.9 Å². The zero-order valence-corrected chi connectivity index (χ0v) is 10.4. The number of fused-ring (bicyclic) bond motifs is 1. The monoisotopic (exact) mass is 249 g/mol. The van der Waals surface area contributed by atoms with E-state index < -0.39 is 5.97 Å². The summed E-state index contributed by atoms with van der Waals surface area (Å²) in [5, 5.41) is 10.4. The second-order valence-electron chi connectivity index (χ2n) is 3.88. The predicted molar refractivity (Wildman–Crippen MR) is 67.8 cm³/mol. The Labute approximate surface area is 104 Å². The van der Waals surface area contributed by atoms with Crippen molar-refractivity contribution in [1.29, 1.82) is 0 Å². The van der Waals surface area contributed by atoms with Crippen LogP contribution < -0.4 is 0 Å². The van der Waals surface area contributed by atoms with Crippen LogP contribution in [0.2, 0.25) is 5.02 Å². The minimum atomic E-state index is -0.938. The van der Waals surface area contributed by atoms with Crippen LogP contribution >= 0.6 is 11.6 Å². The van der Waals surface area contributed by atoms with Crippen LogP contribution in [-0.2, 0) is 6.42 Å². The van der Waals surface area contributed by atoms with Gasteiger partial charge in [0.05, 0.1) is 11.1 Å². The lowest BCUT2D eigenvalue weighted by Gasteiger charge is -2.10. The SMILES string of the molecule is CCc1nc2ccc(Cl)cc2c(C(=O)O)c1C. The highest BCUT2D eigenvalue weighted by atomic mass is 35.5. The molecule has 0 aliphatic carbocycles. The second-order valence-corrected chi connectivity index (χ2v) is 4.32. The van der Waals surface area contributed by atoms with Crippen molar-refractivity contribution in [2.45, 2.75) is 20.3 Å². The summed E-state index contributed by atoms with van der Waals surface area (Å²) in [5.74, 6) is -0.938. The minimum absolute atomic E-state index is 0.300. The van der Waals surface area contributed by atoms with Gasteiger partial charge in [-0.1, -0.05) is 18.5 Å². The van der Waals surface area contributed by atoms with Gasteiger partial charge in [0.2, 0.25) is 0 Å². The minimum Gasteiger partial charge on any atom is -0.478 e. The first-order valence-corrected chi connectivity index (χ1v) is 5.74. The van der Waals surface area contributed by atoms with E-state index in [9.17, 15) is 9.90 Å². The zero-order chi connectivity index (χ0) is 12.6. The average molecular weight is 250 g/mol. The molecule has 0 saturated heterocycles. The lowest BCUT2D eigenvalue weighted by molar-refractivity contribution is 0.0698. The lowest BCUT2D eigenvalue weighted by Crippen LogP contribution is -2.06. The summed E-state index contributed by atoms with van der Waals surface area (Å²) in [5.41, 5.74) is 2.51. The molecule has 0 aliphatic rings. The number of aromatic carboxylic acids is 1. The fraction of sp³-hybridized carbons (Fsp3) is 0.231. The number of carboxylic acid groups (broad SMARTS) is 1. The molecule has 2 aromatic rings. The van der Waals surface area contributed by atoms with E-state index in [2.05, 4.69) is 4.98 Å². The van der Waals surface area contributed by atoms with E-state index >= 15 is 0 Å². The molecule has 4 heteroatoms. The number of pyridine rings is 1. The quantitative estimate of drug-likeness (QED) is 0.887. The van der Waals surface area contributed by atoms with Crippen LogP contribution in [0.5, 0.6) is 0 Å². The summed E-state index contributed by atoms with van der Waals surface area (Å²) < 4.78 is 0. The van der Waals surface area contributed by atoms with E-state index in [0.717, 1.165) is 11.3 Å². The van der Waals surface area contributed by atoms with Crippen molar-refractivity contribution in [2.75, 3.05) is 0 Å². The molecule has 1 aromatic carbocycles. The first kappa shape index (κ1) is 11.9. The van der Waals surface area contributed by atoms with Gasteiger partial charge in [-0.2, -0.15) is 0 Å². The van der Waals surface area contributed by atoms with E-state index in [-0.39, 0.29) is 0 Å². The predicted octanol–water partition coefficient (Wildman–Crippen LogP) is 3.46. The number of benzene rings is 1. The number of hydrogen-bond acceptors (Lipinski definition) is 2. The van der Waals surface area contributed by atoms with Crippen LogP contribution in [0.15, 0.2) is 18.2 Å².